The van der Waals surface area contributed by atoms with Crippen molar-refractivity contribution in [2.45, 2.75) is 64.3 Å². The molecule has 1 aromatic carbocycles. The van der Waals surface area contributed by atoms with Gasteiger partial charge < -0.3 is 15.0 Å². The maximum Gasteiger partial charge on any atom is 0.317 e. The first-order chi connectivity index (χ1) is 14.5. The van der Waals surface area contributed by atoms with Crippen LogP contribution in [0.25, 0.3) is 0 Å². The number of nitrogens with one attached hydrogen (secondary N) is 1. The number of amides is 2. The second-order valence-electron chi connectivity index (χ2n) is 8.18. The molecule has 0 bridgehead atoms. The lowest BCUT2D eigenvalue weighted by Gasteiger charge is -2.31. The smallest absolute Gasteiger partial charge is 0.317 e. The van der Waals surface area contributed by atoms with Crippen molar-refractivity contribution in [3.05, 3.63) is 51.6 Å². The third-order valence-electron chi connectivity index (χ3n) is 6.06. The molecule has 0 radical (unpaired) electrons. The topological polar surface area (TPSA) is 59.4 Å². The van der Waals surface area contributed by atoms with Crippen molar-refractivity contribution in [1.29, 1.82) is 0 Å². The predicted octanol–water partition coefficient (Wildman–Crippen LogP) is 4.33. The minimum Gasteiger partial charge on any atom is -0.370 e. The third-order valence-corrected chi connectivity index (χ3v) is 6.41. The summed E-state index contributed by atoms with van der Waals surface area (Å²) in [4.78, 5) is 14.6. The molecule has 1 aliphatic heterocycles. The van der Waals surface area contributed by atoms with Gasteiger partial charge in [0.05, 0.1) is 25.5 Å². The number of urea groups is 1. The first-order valence-electron chi connectivity index (χ1n) is 10.6. The van der Waals surface area contributed by atoms with E-state index in [0.29, 0.717) is 30.8 Å². The normalized spacial score (nSPS) is 17.1. The maximum absolute atomic E-state index is 13.2. The summed E-state index contributed by atoms with van der Waals surface area (Å²) < 4.78 is 20.9. The van der Waals surface area contributed by atoms with Crippen molar-refractivity contribution in [3.8, 4) is 0 Å². The van der Waals surface area contributed by atoms with E-state index in [9.17, 15) is 9.18 Å². The van der Waals surface area contributed by atoms with Crippen LogP contribution in [-0.2, 0) is 38.0 Å². The molecule has 8 heteroatoms. The molecule has 4 rings (SSSR count). The van der Waals surface area contributed by atoms with Gasteiger partial charge in [0, 0.05) is 42.3 Å². The Morgan fingerprint density at radius 1 is 1.30 bits per heavy atom. The minimum absolute atomic E-state index is 0.0152. The van der Waals surface area contributed by atoms with Gasteiger partial charge in [-0.3, -0.25) is 4.68 Å². The van der Waals surface area contributed by atoms with Crippen molar-refractivity contribution in [2.24, 2.45) is 7.05 Å². The van der Waals surface area contributed by atoms with Crippen LogP contribution in [0.2, 0.25) is 5.02 Å². The lowest BCUT2D eigenvalue weighted by Crippen LogP contribution is -2.47. The second kappa shape index (κ2) is 9.35. The molecular weight excluding hydrogens is 407 g/mol. The number of benzene rings is 1. The summed E-state index contributed by atoms with van der Waals surface area (Å²) in [6.07, 6.45) is 6.57. The van der Waals surface area contributed by atoms with Crippen LogP contribution in [0, 0.1) is 5.82 Å². The molecule has 6 nitrogen and oxygen atoms in total. The van der Waals surface area contributed by atoms with Gasteiger partial charge in [-0.25, -0.2) is 9.18 Å². The first kappa shape index (κ1) is 21.1. The highest BCUT2D eigenvalue weighted by molar-refractivity contribution is 6.31. The summed E-state index contributed by atoms with van der Waals surface area (Å²) >= 11 is 6.07. The number of halogens is 2. The summed E-state index contributed by atoms with van der Waals surface area (Å²) in [6, 6.07) is 4.59. The first-order valence-corrected chi connectivity index (χ1v) is 11.0. The van der Waals surface area contributed by atoms with E-state index >= 15 is 0 Å². The van der Waals surface area contributed by atoms with Gasteiger partial charge in [-0.2, -0.15) is 5.10 Å². The molecule has 0 atom stereocenters. The van der Waals surface area contributed by atoms with Crippen LogP contribution in [0.15, 0.2) is 18.2 Å². The van der Waals surface area contributed by atoms with E-state index in [1.54, 1.807) is 6.07 Å². The zero-order chi connectivity index (χ0) is 21.1. The zero-order valence-corrected chi connectivity index (χ0v) is 18.1. The fourth-order valence-electron chi connectivity index (χ4n) is 4.37. The average Bonchev–Trinajstić information content (AvgIpc) is 3.05. The van der Waals surface area contributed by atoms with Crippen LogP contribution in [-0.4, -0.2) is 33.3 Å². The van der Waals surface area contributed by atoms with E-state index in [2.05, 4.69) is 10.4 Å². The predicted molar refractivity (Wildman–Crippen MR) is 113 cm³/mol. The Balaban J connectivity index is 1.38. The fraction of sp³-hybridized carbons (Fsp3) is 0.545. The molecule has 1 aromatic heterocycles. The van der Waals surface area contributed by atoms with Gasteiger partial charge in [-0.15, -0.1) is 0 Å². The lowest BCUT2D eigenvalue weighted by molar-refractivity contribution is 0.103. The number of carbonyl (C=O) groups is 1. The number of hydrogen-bond acceptors (Lipinski definition) is 3. The van der Waals surface area contributed by atoms with Crippen LogP contribution in [0.3, 0.4) is 0 Å². The van der Waals surface area contributed by atoms with Gasteiger partial charge in [-0.1, -0.05) is 36.9 Å². The van der Waals surface area contributed by atoms with Crippen LogP contribution in [0.1, 0.15) is 54.6 Å². The van der Waals surface area contributed by atoms with Crippen molar-refractivity contribution < 1.29 is 13.9 Å². The molecule has 1 saturated carbocycles. The molecule has 2 heterocycles. The van der Waals surface area contributed by atoms with E-state index in [1.807, 2.05) is 16.6 Å². The second-order valence-corrected chi connectivity index (χ2v) is 8.59. The van der Waals surface area contributed by atoms with E-state index in [-0.39, 0.29) is 18.5 Å². The van der Waals surface area contributed by atoms with Crippen LogP contribution in [0.5, 0.6) is 0 Å². The highest BCUT2D eigenvalue weighted by atomic mass is 35.5. The number of carbonyl (C=O) groups excluding carboxylic acids is 1. The molecule has 0 spiro atoms. The maximum atomic E-state index is 13.2. The van der Waals surface area contributed by atoms with Crippen molar-refractivity contribution in [1.82, 2.24) is 20.0 Å². The number of fused-ring (bicyclic) bond motifs is 1. The van der Waals surface area contributed by atoms with Gasteiger partial charge in [0.25, 0.3) is 0 Å². The lowest BCUT2D eigenvalue weighted by atomic mass is 9.95. The summed E-state index contributed by atoms with van der Waals surface area (Å²) in [6.45, 7) is 1.82. The largest absolute Gasteiger partial charge is 0.370 e. The quantitative estimate of drug-likeness (QED) is 0.761. The summed E-state index contributed by atoms with van der Waals surface area (Å²) in [7, 11) is 1.93. The zero-order valence-electron chi connectivity index (χ0n) is 17.3. The number of rotatable bonds is 5. The van der Waals surface area contributed by atoms with Gasteiger partial charge in [-0.05, 0) is 30.5 Å². The monoisotopic (exact) mass is 434 g/mol. The van der Waals surface area contributed by atoms with Crippen molar-refractivity contribution in [2.75, 3.05) is 6.54 Å². The molecule has 2 aliphatic rings. The molecule has 0 saturated heterocycles. The summed E-state index contributed by atoms with van der Waals surface area (Å²) in [5.41, 5.74) is 3.78. The number of aryl methyl sites for hydroxylation is 1. The molecule has 162 valence electrons. The molecule has 1 N–H and O–H groups in total. The van der Waals surface area contributed by atoms with Gasteiger partial charge in [0.15, 0.2) is 0 Å². The van der Waals surface area contributed by atoms with E-state index in [0.717, 1.165) is 41.8 Å². The van der Waals surface area contributed by atoms with Gasteiger partial charge in [0.2, 0.25) is 0 Å². The minimum atomic E-state index is -0.367. The Labute approximate surface area is 181 Å². The Morgan fingerprint density at radius 2 is 2.10 bits per heavy atom. The van der Waals surface area contributed by atoms with E-state index in [1.165, 1.54) is 31.4 Å². The average molecular weight is 435 g/mol. The Bertz CT molecular complexity index is 911. The number of hydrogen-bond donors (Lipinski definition) is 1. The fourth-order valence-corrected chi connectivity index (χ4v) is 4.59. The van der Waals surface area contributed by atoms with E-state index in [4.69, 9.17) is 16.3 Å². The molecule has 0 unspecified atom stereocenters. The highest BCUT2D eigenvalue weighted by Crippen LogP contribution is 2.25. The van der Waals surface area contributed by atoms with Crippen LogP contribution >= 0.6 is 11.6 Å². The highest BCUT2D eigenvalue weighted by Gasteiger charge is 2.28. The van der Waals surface area contributed by atoms with Crippen LogP contribution < -0.4 is 5.32 Å². The summed E-state index contributed by atoms with van der Waals surface area (Å²) in [5.74, 6) is -0.367. The number of aromatic nitrogens is 2. The van der Waals surface area contributed by atoms with Crippen molar-refractivity contribution >= 4 is 17.6 Å². The van der Waals surface area contributed by atoms with Gasteiger partial charge in [0.1, 0.15) is 5.82 Å². The Hall–Kier alpha value is -2.12. The SMILES string of the molecule is Cn1nc(COCc2ccc(F)cc2Cl)c2c1CCN(C(=O)NC1CCCCC1)C2. The standard InChI is InChI=1S/C22H28ClFN4O2/c1-27-21-9-10-28(22(29)25-17-5-3-2-4-6-17)12-18(21)20(26-27)14-30-13-15-7-8-16(24)11-19(15)23/h7-8,11,17H,2-6,9-10,12-14H2,1H3,(H,25,29). The number of ether oxygens (including phenoxy) is 1. The molecule has 1 aliphatic carbocycles. The number of nitrogens with zero attached hydrogens (tertiary/aromatic N) is 3. The molecule has 1 fully saturated rings. The van der Waals surface area contributed by atoms with Crippen molar-refractivity contribution in [3.63, 3.8) is 0 Å². The molecule has 30 heavy (non-hydrogen) atoms. The summed E-state index contributed by atoms with van der Waals surface area (Å²) in [5, 5.41) is 8.16. The van der Waals surface area contributed by atoms with Gasteiger partial charge >= 0.3 is 6.03 Å². The molecular formula is C22H28ClFN4O2. The molecule has 2 aromatic rings. The van der Waals surface area contributed by atoms with Crippen LogP contribution in [0.4, 0.5) is 9.18 Å². The Morgan fingerprint density at radius 3 is 2.87 bits per heavy atom. The Kier molecular flexibility index (Phi) is 6.58. The molecule has 2 amide bonds. The van der Waals surface area contributed by atoms with E-state index < -0.39 is 0 Å². The third kappa shape index (κ3) is 4.78.